The third-order valence-corrected chi connectivity index (χ3v) is 3.88. The fourth-order valence-electron chi connectivity index (χ4n) is 2.29. The standard InChI is InChI=1S/C12H14FNO.C6H13NO2.C3H6/c1-9(10-5-3-2-4-6-10)14-8-7-11(13)12(14)15;1-6(2,3)9-5(8)7-4;1-2-3-1/h2-6,9,11H,7-8H2,1H3;1-4H3,(H,7,8);1-3H2/t9-,11?;;/m0../s1. The number of hydrogen-bond donors (Lipinski definition) is 1. The Labute approximate surface area is 162 Å². The van der Waals surface area contributed by atoms with Gasteiger partial charge in [0.15, 0.2) is 6.17 Å². The molecule has 0 spiro atoms. The second-order valence-corrected chi connectivity index (χ2v) is 7.69. The fraction of sp³-hybridized carbons (Fsp3) is 0.619. The number of likely N-dealkylation sites (tertiary alicyclic amines) is 1. The number of hydrogen-bond acceptors (Lipinski definition) is 3. The molecule has 0 aromatic heterocycles. The molecule has 1 aliphatic carbocycles. The lowest BCUT2D eigenvalue weighted by Gasteiger charge is -2.24. The van der Waals surface area contributed by atoms with Gasteiger partial charge < -0.3 is 15.0 Å². The van der Waals surface area contributed by atoms with Crippen LogP contribution in [0.25, 0.3) is 0 Å². The van der Waals surface area contributed by atoms with Crippen molar-refractivity contribution in [3.05, 3.63) is 35.9 Å². The molecule has 1 saturated carbocycles. The summed E-state index contributed by atoms with van der Waals surface area (Å²) in [6.45, 7) is 7.92. The van der Waals surface area contributed by atoms with Crippen molar-refractivity contribution in [2.45, 2.75) is 71.2 Å². The predicted molar refractivity (Wildman–Crippen MR) is 105 cm³/mol. The van der Waals surface area contributed by atoms with Crippen LogP contribution in [0.2, 0.25) is 0 Å². The van der Waals surface area contributed by atoms with Crippen molar-refractivity contribution in [3.63, 3.8) is 0 Å². The summed E-state index contributed by atoms with van der Waals surface area (Å²) in [6, 6.07) is 9.69. The van der Waals surface area contributed by atoms with Crippen LogP contribution in [0, 0.1) is 0 Å². The van der Waals surface area contributed by atoms with Gasteiger partial charge in [0.05, 0.1) is 6.04 Å². The minimum Gasteiger partial charge on any atom is -0.444 e. The summed E-state index contributed by atoms with van der Waals surface area (Å²) < 4.78 is 17.9. The molecule has 5 nitrogen and oxygen atoms in total. The smallest absolute Gasteiger partial charge is 0.407 e. The van der Waals surface area contributed by atoms with Gasteiger partial charge >= 0.3 is 6.09 Å². The van der Waals surface area contributed by atoms with Crippen LogP contribution >= 0.6 is 0 Å². The number of nitrogens with one attached hydrogen (secondary N) is 1. The Morgan fingerprint density at radius 2 is 1.78 bits per heavy atom. The number of alkyl halides is 1. The number of ether oxygens (including phenoxy) is 1. The number of carbonyl (C=O) groups is 2. The molecule has 2 fully saturated rings. The lowest BCUT2D eigenvalue weighted by atomic mass is 10.1. The molecule has 152 valence electrons. The van der Waals surface area contributed by atoms with Crippen molar-refractivity contribution >= 4 is 12.0 Å². The molecule has 0 radical (unpaired) electrons. The SMILES string of the molecule is C1CC1.CNC(=O)OC(C)(C)C.C[C@@H](c1ccccc1)N1CCC(F)C1=O. The number of halogens is 1. The van der Waals surface area contributed by atoms with E-state index in [1.54, 1.807) is 4.90 Å². The summed E-state index contributed by atoms with van der Waals surface area (Å²) in [6.07, 6.45) is 3.15. The van der Waals surface area contributed by atoms with Crippen LogP contribution < -0.4 is 5.32 Å². The summed E-state index contributed by atoms with van der Waals surface area (Å²) in [5.41, 5.74) is 0.667. The van der Waals surface area contributed by atoms with Crippen LogP contribution in [0.5, 0.6) is 0 Å². The molecular weight excluding hydrogens is 347 g/mol. The van der Waals surface area contributed by atoms with E-state index in [0.717, 1.165) is 5.56 Å². The maximum Gasteiger partial charge on any atom is 0.407 e. The molecule has 1 saturated heterocycles. The highest BCUT2D eigenvalue weighted by Gasteiger charge is 2.34. The predicted octanol–water partition coefficient (Wildman–Crippen LogP) is 4.63. The van der Waals surface area contributed by atoms with E-state index in [1.165, 1.54) is 26.3 Å². The van der Waals surface area contributed by atoms with E-state index >= 15 is 0 Å². The second kappa shape index (κ2) is 10.9. The van der Waals surface area contributed by atoms with E-state index in [1.807, 2.05) is 58.0 Å². The molecule has 3 rings (SSSR count). The fourth-order valence-corrected chi connectivity index (χ4v) is 2.29. The zero-order chi connectivity index (χ0) is 20.4. The molecular formula is C21H33FN2O3. The molecule has 1 unspecified atom stereocenters. The molecule has 0 bridgehead atoms. The van der Waals surface area contributed by atoms with Gasteiger partial charge in [-0.15, -0.1) is 0 Å². The average molecular weight is 381 g/mol. The summed E-state index contributed by atoms with van der Waals surface area (Å²) >= 11 is 0. The third kappa shape index (κ3) is 9.40. The molecule has 27 heavy (non-hydrogen) atoms. The lowest BCUT2D eigenvalue weighted by Crippen LogP contribution is -2.30. The summed E-state index contributed by atoms with van der Waals surface area (Å²) in [5.74, 6) is -0.369. The maximum absolute atomic E-state index is 13.1. The van der Waals surface area contributed by atoms with Crippen LogP contribution in [0.15, 0.2) is 30.3 Å². The molecule has 6 heteroatoms. The summed E-state index contributed by atoms with van der Waals surface area (Å²) in [7, 11) is 1.54. The summed E-state index contributed by atoms with van der Waals surface area (Å²) in [5, 5.41) is 2.36. The Balaban J connectivity index is 0.000000257. The normalized spacial score (nSPS) is 19.1. The van der Waals surface area contributed by atoms with E-state index in [4.69, 9.17) is 4.74 Å². The molecule has 2 amide bonds. The Hall–Kier alpha value is -2.11. The van der Waals surface area contributed by atoms with E-state index < -0.39 is 6.17 Å². The molecule has 1 aliphatic heterocycles. The van der Waals surface area contributed by atoms with Gasteiger partial charge in [-0.1, -0.05) is 49.6 Å². The minimum atomic E-state index is -1.30. The van der Waals surface area contributed by atoms with Gasteiger partial charge in [0.1, 0.15) is 5.60 Å². The highest BCUT2D eigenvalue weighted by atomic mass is 19.1. The highest BCUT2D eigenvalue weighted by molar-refractivity contribution is 5.83. The largest absolute Gasteiger partial charge is 0.444 e. The zero-order valence-electron chi connectivity index (χ0n) is 17.1. The van der Waals surface area contributed by atoms with Gasteiger partial charge in [0, 0.05) is 20.0 Å². The van der Waals surface area contributed by atoms with Crippen LogP contribution in [0.1, 0.15) is 65.0 Å². The van der Waals surface area contributed by atoms with E-state index in [-0.39, 0.29) is 23.6 Å². The van der Waals surface area contributed by atoms with Crippen molar-refractivity contribution in [1.29, 1.82) is 0 Å². The topological polar surface area (TPSA) is 58.6 Å². The van der Waals surface area contributed by atoms with Crippen molar-refractivity contribution in [2.24, 2.45) is 0 Å². The monoisotopic (exact) mass is 380 g/mol. The molecule has 1 N–H and O–H groups in total. The zero-order valence-corrected chi connectivity index (χ0v) is 17.1. The van der Waals surface area contributed by atoms with Crippen molar-refractivity contribution in [1.82, 2.24) is 10.2 Å². The Kier molecular flexibility index (Phi) is 9.26. The Bertz CT molecular complexity index is 582. The molecule has 1 heterocycles. The quantitative estimate of drug-likeness (QED) is 0.814. The molecule has 1 aromatic rings. The second-order valence-electron chi connectivity index (χ2n) is 7.69. The Morgan fingerprint density at radius 1 is 1.22 bits per heavy atom. The number of carbonyl (C=O) groups excluding carboxylic acids is 2. The van der Waals surface area contributed by atoms with E-state index in [2.05, 4.69) is 5.32 Å². The molecule has 2 aliphatic rings. The number of benzene rings is 1. The highest BCUT2D eigenvalue weighted by Crippen LogP contribution is 2.26. The Morgan fingerprint density at radius 3 is 2.11 bits per heavy atom. The molecule has 1 aromatic carbocycles. The van der Waals surface area contributed by atoms with Crippen molar-refractivity contribution in [2.75, 3.05) is 13.6 Å². The van der Waals surface area contributed by atoms with Crippen LogP contribution in [-0.4, -0.2) is 42.3 Å². The number of nitrogens with zero attached hydrogens (tertiary/aromatic N) is 1. The van der Waals surface area contributed by atoms with Gasteiger partial charge in [-0.05, 0) is 33.3 Å². The van der Waals surface area contributed by atoms with Crippen molar-refractivity contribution < 1.29 is 18.7 Å². The maximum atomic E-state index is 13.1. The van der Waals surface area contributed by atoms with Gasteiger partial charge in [-0.25, -0.2) is 9.18 Å². The molecule has 2 atom stereocenters. The van der Waals surface area contributed by atoms with Gasteiger partial charge in [0.2, 0.25) is 0 Å². The van der Waals surface area contributed by atoms with Crippen molar-refractivity contribution in [3.8, 4) is 0 Å². The first-order valence-corrected chi connectivity index (χ1v) is 9.56. The van der Waals surface area contributed by atoms with Gasteiger partial charge in [0.25, 0.3) is 5.91 Å². The van der Waals surface area contributed by atoms with Crippen LogP contribution in [0.4, 0.5) is 9.18 Å². The van der Waals surface area contributed by atoms with Gasteiger partial charge in [-0.3, -0.25) is 4.79 Å². The van der Waals surface area contributed by atoms with Crippen LogP contribution in [-0.2, 0) is 9.53 Å². The number of alkyl carbamates (subject to hydrolysis) is 1. The first kappa shape index (κ1) is 22.9. The first-order valence-electron chi connectivity index (χ1n) is 9.56. The van der Waals surface area contributed by atoms with E-state index in [9.17, 15) is 14.0 Å². The average Bonchev–Trinajstić information content (AvgIpc) is 3.47. The van der Waals surface area contributed by atoms with E-state index in [0.29, 0.717) is 13.0 Å². The first-order chi connectivity index (χ1) is 12.7. The lowest BCUT2D eigenvalue weighted by molar-refractivity contribution is -0.133. The number of amides is 2. The van der Waals surface area contributed by atoms with Gasteiger partial charge in [-0.2, -0.15) is 0 Å². The number of rotatable bonds is 2. The summed E-state index contributed by atoms with van der Waals surface area (Å²) in [4.78, 5) is 23.6. The minimum absolute atomic E-state index is 0.0283. The third-order valence-electron chi connectivity index (χ3n) is 3.88. The van der Waals surface area contributed by atoms with Crippen LogP contribution in [0.3, 0.4) is 0 Å².